The van der Waals surface area contributed by atoms with Gasteiger partial charge in [-0.2, -0.15) is 0 Å². The predicted octanol–water partition coefficient (Wildman–Crippen LogP) is 3.98. The van der Waals surface area contributed by atoms with Crippen molar-refractivity contribution in [2.24, 2.45) is 0 Å². The highest BCUT2D eigenvalue weighted by Crippen LogP contribution is 2.35. The van der Waals surface area contributed by atoms with Crippen molar-refractivity contribution in [2.45, 2.75) is 6.54 Å². The summed E-state index contributed by atoms with van der Waals surface area (Å²) in [6.07, 6.45) is 0. The molecule has 1 aliphatic heterocycles. The van der Waals surface area contributed by atoms with Crippen LogP contribution in [0.1, 0.15) is 5.56 Å². The van der Waals surface area contributed by atoms with Gasteiger partial charge in [0.2, 0.25) is 0 Å². The molecule has 1 aromatic carbocycles. The highest BCUT2D eigenvalue weighted by Gasteiger charge is 2.18. The van der Waals surface area contributed by atoms with Gasteiger partial charge >= 0.3 is 0 Å². The van der Waals surface area contributed by atoms with Crippen LogP contribution in [0, 0.1) is 0 Å². The molecule has 0 radical (unpaired) electrons. The van der Waals surface area contributed by atoms with Crippen molar-refractivity contribution in [1.82, 2.24) is 9.97 Å². The molecular weight excluding hydrogens is 302 g/mol. The number of fused-ring (bicyclic) bond motifs is 4. The fraction of sp³-hybridized carbons (Fsp3) is 0.0667. The van der Waals surface area contributed by atoms with Gasteiger partial charge in [-0.1, -0.05) is 18.2 Å². The Kier molecular flexibility index (Phi) is 2.32. The second-order valence-corrected chi connectivity index (χ2v) is 5.38. The van der Waals surface area contributed by atoms with E-state index in [1.807, 2.05) is 24.3 Å². The Hall–Kier alpha value is -1.94. The van der Waals surface area contributed by atoms with Crippen LogP contribution in [-0.2, 0) is 6.54 Å². The van der Waals surface area contributed by atoms with E-state index in [4.69, 9.17) is 4.98 Å². The molecule has 0 bridgehead atoms. The standard InChI is InChI=1S/C15H10BrN3/c16-13-6-5-11-14-10(8-17-15(11)19-13)7-9-3-1-2-4-12(9)18-14/h1-7H,8H2,(H,17,19). The molecule has 0 unspecified atom stereocenters. The molecule has 0 aliphatic carbocycles. The highest BCUT2D eigenvalue weighted by atomic mass is 79.9. The van der Waals surface area contributed by atoms with Gasteiger partial charge in [0.1, 0.15) is 10.4 Å². The minimum Gasteiger partial charge on any atom is -0.365 e. The molecule has 3 heterocycles. The number of hydrogen-bond acceptors (Lipinski definition) is 3. The number of rotatable bonds is 0. The van der Waals surface area contributed by atoms with E-state index in [0.29, 0.717) is 0 Å². The molecule has 3 nitrogen and oxygen atoms in total. The molecular formula is C15H10BrN3. The maximum Gasteiger partial charge on any atom is 0.137 e. The first-order valence-corrected chi connectivity index (χ1v) is 6.90. The fourth-order valence-corrected chi connectivity index (χ4v) is 2.78. The summed E-state index contributed by atoms with van der Waals surface area (Å²) in [5.41, 5.74) is 4.34. The maximum absolute atomic E-state index is 4.79. The Morgan fingerprint density at radius 2 is 1.95 bits per heavy atom. The summed E-state index contributed by atoms with van der Waals surface area (Å²) in [5, 5.41) is 4.52. The lowest BCUT2D eigenvalue weighted by atomic mass is 10.0. The van der Waals surface area contributed by atoms with E-state index >= 15 is 0 Å². The minimum atomic E-state index is 0.767. The zero-order valence-electron chi connectivity index (χ0n) is 10.0. The molecule has 0 fully saturated rings. The first-order chi connectivity index (χ1) is 9.31. The van der Waals surface area contributed by atoms with E-state index in [0.717, 1.165) is 33.7 Å². The maximum atomic E-state index is 4.79. The van der Waals surface area contributed by atoms with Crippen molar-refractivity contribution >= 4 is 32.7 Å². The molecule has 0 amide bonds. The van der Waals surface area contributed by atoms with Gasteiger partial charge < -0.3 is 5.32 Å². The van der Waals surface area contributed by atoms with Gasteiger partial charge in [-0.05, 0) is 45.8 Å². The summed E-state index contributed by atoms with van der Waals surface area (Å²) in [4.78, 5) is 9.25. The monoisotopic (exact) mass is 311 g/mol. The Bertz CT molecular complexity index is 798. The summed E-state index contributed by atoms with van der Waals surface area (Å²) >= 11 is 3.40. The summed E-state index contributed by atoms with van der Waals surface area (Å²) in [6.45, 7) is 0.767. The summed E-state index contributed by atoms with van der Waals surface area (Å²) in [5.74, 6) is 0.893. The smallest absolute Gasteiger partial charge is 0.137 e. The molecule has 0 saturated heterocycles. The van der Waals surface area contributed by atoms with Crippen LogP contribution in [0.25, 0.3) is 22.2 Å². The topological polar surface area (TPSA) is 37.8 Å². The van der Waals surface area contributed by atoms with E-state index < -0.39 is 0 Å². The number of nitrogens with one attached hydrogen (secondary N) is 1. The molecule has 19 heavy (non-hydrogen) atoms. The average molecular weight is 312 g/mol. The zero-order chi connectivity index (χ0) is 12.8. The number of para-hydroxylation sites is 1. The highest BCUT2D eigenvalue weighted by molar-refractivity contribution is 9.10. The van der Waals surface area contributed by atoms with Crippen LogP contribution < -0.4 is 5.32 Å². The average Bonchev–Trinajstić information content (AvgIpc) is 2.44. The number of anilines is 1. The summed E-state index contributed by atoms with van der Waals surface area (Å²) < 4.78 is 0.836. The Morgan fingerprint density at radius 3 is 2.89 bits per heavy atom. The molecule has 2 aromatic heterocycles. The van der Waals surface area contributed by atoms with E-state index in [-0.39, 0.29) is 0 Å². The van der Waals surface area contributed by atoms with Crippen LogP contribution in [-0.4, -0.2) is 9.97 Å². The lowest BCUT2D eigenvalue weighted by Gasteiger charge is -2.20. The molecule has 0 atom stereocenters. The van der Waals surface area contributed by atoms with E-state index in [1.165, 1.54) is 10.9 Å². The number of aromatic nitrogens is 2. The molecule has 1 aliphatic rings. The van der Waals surface area contributed by atoms with Gasteiger partial charge in [0.15, 0.2) is 0 Å². The van der Waals surface area contributed by atoms with Crippen molar-refractivity contribution in [3.63, 3.8) is 0 Å². The fourth-order valence-electron chi connectivity index (χ4n) is 2.47. The van der Waals surface area contributed by atoms with Gasteiger partial charge in [-0.15, -0.1) is 0 Å². The number of halogens is 1. The molecule has 0 saturated carbocycles. The van der Waals surface area contributed by atoms with Gasteiger partial charge in [0.25, 0.3) is 0 Å². The molecule has 4 heteroatoms. The molecule has 0 spiro atoms. The molecule has 1 N–H and O–H groups in total. The van der Waals surface area contributed by atoms with Crippen LogP contribution in [0.5, 0.6) is 0 Å². The first-order valence-electron chi connectivity index (χ1n) is 6.11. The Balaban J connectivity index is 2.02. The normalized spacial score (nSPS) is 12.7. The Labute approximate surface area is 118 Å². The van der Waals surface area contributed by atoms with Crippen molar-refractivity contribution < 1.29 is 0 Å². The van der Waals surface area contributed by atoms with Gasteiger partial charge in [-0.25, -0.2) is 9.97 Å². The van der Waals surface area contributed by atoms with Crippen molar-refractivity contribution in [2.75, 3.05) is 5.32 Å². The van der Waals surface area contributed by atoms with Crippen LogP contribution in [0.2, 0.25) is 0 Å². The third-order valence-electron chi connectivity index (χ3n) is 3.37. The Morgan fingerprint density at radius 1 is 1.05 bits per heavy atom. The summed E-state index contributed by atoms with van der Waals surface area (Å²) in [7, 11) is 0. The first kappa shape index (κ1) is 10.9. The van der Waals surface area contributed by atoms with Crippen LogP contribution in [0.3, 0.4) is 0 Å². The third-order valence-corrected chi connectivity index (χ3v) is 3.81. The predicted molar refractivity (Wildman–Crippen MR) is 80.0 cm³/mol. The quantitative estimate of drug-likeness (QED) is 0.638. The van der Waals surface area contributed by atoms with Crippen LogP contribution >= 0.6 is 15.9 Å². The second kappa shape index (κ2) is 4.03. The van der Waals surface area contributed by atoms with E-state index in [1.54, 1.807) is 0 Å². The molecule has 4 rings (SSSR count). The number of nitrogens with zero attached hydrogens (tertiary/aromatic N) is 2. The number of hydrogen-bond donors (Lipinski definition) is 1. The summed E-state index contributed by atoms with van der Waals surface area (Å²) in [6, 6.07) is 14.4. The van der Waals surface area contributed by atoms with E-state index in [2.05, 4.69) is 44.4 Å². The van der Waals surface area contributed by atoms with Gasteiger partial charge in [0, 0.05) is 17.5 Å². The minimum absolute atomic E-state index is 0.767. The largest absolute Gasteiger partial charge is 0.365 e. The number of pyridine rings is 2. The second-order valence-electron chi connectivity index (χ2n) is 4.57. The lowest BCUT2D eigenvalue weighted by Crippen LogP contribution is -2.11. The van der Waals surface area contributed by atoms with Crippen molar-refractivity contribution in [3.8, 4) is 11.3 Å². The molecule has 3 aromatic rings. The van der Waals surface area contributed by atoms with Gasteiger partial charge in [-0.3, -0.25) is 0 Å². The van der Waals surface area contributed by atoms with E-state index in [9.17, 15) is 0 Å². The van der Waals surface area contributed by atoms with Gasteiger partial charge in [0.05, 0.1) is 11.2 Å². The SMILES string of the molecule is Brc1ccc2c(n1)NCc1cc3ccccc3nc1-2. The number of benzene rings is 1. The third kappa shape index (κ3) is 1.71. The van der Waals surface area contributed by atoms with Crippen molar-refractivity contribution in [1.29, 1.82) is 0 Å². The van der Waals surface area contributed by atoms with Crippen LogP contribution in [0.4, 0.5) is 5.82 Å². The lowest BCUT2D eigenvalue weighted by molar-refractivity contribution is 1.06. The molecule has 92 valence electrons. The van der Waals surface area contributed by atoms with Crippen molar-refractivity contribution in [3.05, 3.63) is 52.6 Å². The van der Waals surface area contributed by atoms with Crippen LogP contribution in [0.15, 0.2) is 47.1 Å². The zero-order valence-corrected chi connectivity index (χ0v) is 11.6.